The number of aryl methyl sites for hydroxylation is 1. The van der Waals surface area contributed by atoms with Crippen LogP contribution in [0.4, 0.5) is 0 Å². The van der Waals surface area contributed by atoms with Crippen LogP contribution in [0.5, 0.6) is 0 Å². The van der Waals surface area contributed by atoms with Gasteiger partial charge in [-0.2, -0.15) is 4.31 Å². The third-order valence-corrected chi connectivity index (χ3v) is 5.47. The Kier molecular flexibility index (Phi) is 4.81. The number of piperidine rings is 1. The van der Waals surface area contributed by atoms with Crippen LogP contribution >= 0.6 is 0 Å². The van der Waals surface area contributed by atoms with E-state index in [0.717, 1.165) is 24.8 Å². The number of benzene rings is 1. The van der Waals surface area contributed by atoms with Crippen molar-refractivity contribution in [2.45, 2.75) is 31.1 Å². The molecule has 0 spiro atoms. The largest absolute Gasteiger partial charge is 0.384 e. The molecule has 1 fully saturated rings. The van der Waals surface area contributed by atoms with E-state index in [9.17, 15) is 8.42 Å². The minimum atomic E-state index is -3.44. The zero-order valence-corrected chi connectivity index (χ0v) is 12.4. The fraction of sp³-hybridized carbons (Fsp3) is 0.467. The molecule has 1 aliphatic rings. The van der Waals surface area contributed by atoms with Gasteiger partial charge in [0.15, 0.2) is 0 Å². The molecule has 1 aromatic carbocycles. The Morgan fingerprint density at radius 3 is 2.60 bits per heavy atom. The number of hydrogen-bond donors (Lipinski definition) is 1. The quantitative estimate of drug-likeness (QED) is 0.841. The molecule has 1 saturated heterocycles. The van der Waals surface area contributed by atoms with Gasteiger partial charge in [0.05, 0.1) is 4.90 Å². The summed E-state index contributed by atoms with van der Waals surface area (Å²) < 4.78 is 26.9. The number of sulfonamides is 1. The van der Waals surface area contributed by atoms with Crippen molar-refractivity contribution >= 4 is 10.0 Å². The van der Waals surface area contributed by atoms with Gasteiger partial charge >= 0.3 is 0 Å². The van der Waals surface area contributed by atoms with Crippen molar-refractivity contribution in [2.75, 3.05) is 19.7 Å². The van der Waals surface area contributed by atoms with Crippen LogP contribution in [-0.2, 0) is 10.0 Å². The van der Waals surface area contributed by atoms with Crippen LogP contribution in [0.3, 0.4) is 0 Å². The molecular formula is C15H19NO3S. The van der Waals surface area contributed by atoms with Gasteiger partial charge in [0.2, 0.25) is 10.0 Å². The second kappa shape index (κ2) is 6.40. The Balaban J connectivity index is 2.39. The number of hydrogen-bond acceptors (Lipinski definition) is 3. The first-order valence-electron chi connectivity index (χ1n) is 6.76. The summed E-state index contributed by atoms with van der Waals surface area (Å²) in [5, 5.41) is 8.72. The monoisotopic (exact) mass is 293 g/mol. The third kappa shape index (κ3) is 3.21. The summed E-state index contributed by atoms with van der Waals surface area (Å²) in [6.45, 7) is 2.74. The normalized spacial score (nSPS) is 16.5. The standard InChI is InChI=1S/C15H19NO3S/c1-13-7-8-14(6-5-11-17)12-15(13)20(18,19)16-9-3-2-4-10-16/h7-8,12,17H,2-4,9-11H2,1H3. The maximum Gasteiger partial charge on any atom is 0.243 e. The fourth-order valence-corrected chi connectivity index (χ4v) is 4.11. The average molecular weight is 293 g/mol. The van der Waals surface area contributed by atoms with Crippen LogP contribution < -0.4 is 0 Å². The first kappa shape index (κ1) is 15.0. The van der Waals surface area contributed by atoms with E-state index in [0.29, 0.717) is 23.5 Å². The van der Waals surface area contributed by atoms with Gasteiger partial charge in [-0.3, -0.25) is 0 Å². The highest BCUT2D eigenvalue weighted by atomic mass is 32.2. The second-order valence-corrected chi connectivity index (χ2v) is 6.81. The van der Waals surface area contributed by atoms with E-state index in [1.807, 2.05) is 0 Å². The molecule has 0 atom stereocenters. The Morgan fingerprint density at radius 2 is 1.95 bits per heavy atom. The molecule has 0 aliphatic carbocycles. The predicted molar refractivity (Wildman–Crippen MR) is 77.8 cm³/mol. The minimum Gasteiger partial charge on any atom is -0.384 e. The maximum atomic E-state index is 12.7. The molecule has 4 nitrogen and oxygen atoms in total. The molecule has 2 rings (SSSR count). The van der Waals surface area contributed by atoms with Crippen LogP contribution in [0.25, 0.3) is 0 Å². The van der Waals surface area contributed by atoms with E-state index in [1.54, 1.807) is 29.4 Å². The summed E-state index contributed by atoms with van der Waals surface area (Å²) in [6.07, 6.45) is 2.93. The van der Waals surface area contributed by atoms with Gasteiger partial charge in [0.1, 0.15) is 6.61 Å². The molecule has 20 heavy (non-hydrogen) atoms. The van der Waals surface area contributed by atoms with Crippen LogP contribution in [0, 0.1) is 18.8 Å². The average Bonchev–Trinajstić information content (AvgIpc) is 2.47. The van der Waals surface area contributed by atoms with E-state index in [1.165, 1.54) is 0 Å². The van der Waals surface area contributed by atoms with Gasteiger partial charge in [0, 0.05) is 18.7 Å². The molecule has 0 radical (unpaired) electrons. The van der Waals surface area contributed by atoms with Crippen molar-refractivity contribution in [3.8, 4) is 11.8 Å². The summed E-state index contributed by atoms with van der Waals surface area (Å²) in [6, 6.07) is 5.13. The molecule has 108 valence electrons. The molecule has 1 aliphatic heterocycles. The SMILES string of the molecule is Cc1ccc(C#CCO)cc1S(=O)(=O)N1CCCCC1. The lowest BCUT2D eigenvalue weighted by Crippen LogP contribution is -2.36. The van der Waals surface area contributed by atoms with Gasteiger partial charge in [0.25, 0.3) is 0 Å². The van der Waals surface area contributed by atoms with E-state index >= 15 is 0 Å². The molecule has 5 heteroatoms. The zero-order valence-electron chi connectivity index (χ0n) is 11.6. The number of nitrogens with zero attached hydrogens (tertiary/aromatic N) is 1. The van der Waals surface area contributed by atoms with Gasteiger partial charge in [-0.15, -0.1) is 0 Å². The van der Waals surface area contributed by atoms with Crippen molar-refractivity contribution in [3.63, 3.8) is 0 Å². The minimum absolute atomic E-state index is 0.234. The van der Waals surface area contributed by atoms with Gasteiger partial charge in [-0.1, -0.05) is 24.3 Å². The van der Waals surface area contributed by atoms with E-state index in [4.69, 9.17) is 5.11 Å². The molecule has 1 heterocycles. The first-order chi connectivity index (χ1) is 9.55. The van der Waals surface area contributed by atoms with Gasteiger partial charge in [-0.05, 0) is 37.5 Å². The molecule has 0 bridgehead atoms. The lowest BCUT2D eigenvalue weighted by molar-refractivity contribution is 0.346. The van der Waals surface area contributed by atoms with Crippen LogP contribution in [0.1, 0.15) is 30.4 Å². The molecule has 0 unspecified atom stereocenters. The van der Waals surface area contributed by atoms with Crippen molar-refractivity contribution < 1.29 is 13.5 Å². The number of aliphatic hydroxyl groups excluding tert-OH is 1. The highest BCUT2D eigenvalue weighted by molar-refractivity contribution is 7.89. The Hall–Kier alpha value is -1.35. The summed E-state index contributed by atoms with van der Waals surface area (Å²) in [7, 11) is -3.44. The van der Waals surface area contributed by atoms with Crippen molar-refractivity contribution in [2.24, 2.45) is 0 Å². The zero-order chi connectivity index (χ0) is 14.6. The van der Waals surface area contributed by atoms with Crippen molar-refractivity contribution in [3.05, 3.63) is 29.3 Å². The topological polar surface area (TPSA) is 57.6 Å². The third-order valence-electron chi connectivity index (χ3n) is 3.43. The molecular weight excluding hydrogens is 274 g/mol. The molecule has 0 amide bonds. The summed E-state index contributed by atoms with van der Waals surface area (Å²) >= 11 is 0. The molecule has 1 aromatic rings. The van der Waals surface area contributed by atoms with E-state index < -0.39 is 10.0 Å². The Morgan fingerprint density at radius 1 is 1.25 bits per heavy atom. The second-order valence-electron chi connectivity index (χ2n) is 4.90. The molecule has 0 aromatic heterocycles. The lowest BCUT2D eigenvalue weighted by atomic mass is 10.1. The van der Waals surface area contributed by atoms with Crippen LogP contribution in [0.2, 0.25) is 0 Å². The summed E-state index contributed by atoms with van der Waals surface area (Å²) in [4.78, 5) is 0.323. The predicted octanol–water partition coefficient (Wildman–Crippen LogP) is 1.51. The highest BCUT2D eigenvalue weighted by Gasteiger charge is 2.27. The van der Waals surface area contributed by atoms with Crippen LogP contribution in [-0.4, -0.2) is 37.5 Å². The molecule has 1 N–H and O–H groups in total. The summed E-state index contributed by atoms with van der Waals surface area (Å²) in [5.74, 6) is 5.29. The number of aliphatic hydroxyl groups is 1. The van der Waals surface area contributed by atoms with E-state index in [-0.39, 0.29) is 6.61 Å². The first-order valence-corrected chi connectivity index (χ1v) is 8.20. The van der Waals surface area contributed by atoms with E-state index in [2.05, 4.69) is 11.8 Å². The van der Waals surface area contributed by atoms with Gasteiger partial charge < -0.3 is 5.11 Å². The smallest absolute Gasteiger partial charge is 0.243 e. The van der Waals surface area contributed by atoms with Gasteiger partial charge in [-0.25, -0.2) is 8.42 Å². The van der Waals surface area contributed by atoms with Crippen LogP contribution in [0.15, 0.2) is 23.1 Å². The Labute approximate surface area is 120 Å². The van der Waals surface area contributed by atoms with Crippen molar-refractivity contribution in [1.29, 1.82) is 0 Å². The molecule has 0 saturated carbocycles. The lowest BCUT2D eigenvalue weighted by Gasteiger charge is -2.26. The Bertz CT molecular complexity index is 635. The van der Waals surface area contributed by atoms with Crippen molar-refractivity contribution in [1.82, 2.24) is 4.31 Å². The maximum absolute atomic E-state index is 12.7. The highest BCUT2D eigenvalue weighted by Crippen LogP contribution is 2.24. The summed E-state index contributed by atoms with van der Waals surface area (Å²) in [5.41, 5.74) is 1.34. The fourth-order valence-electron chi connectivity index (χ4n) is 2.34. The number of rotatable bonds is 2.